The summed E-state index contributed by atoms with van der Waals surface area (Å²) in [7, 11) is -3.69. The number of sulfonamides is 1. The monoisotopic (exact) mass is 489 g/mol. The molecule has 1 aliphatic rings. The van der Waals surface area contributed by atoms with Crippen LogP contribution in [0.25, 0.3) is 10.7 Å². The Hall–Kier alpha value is -2.63. The van der Waals surface area contributed by atoms with Gasteiger partial charge in [-0.2, -0.15) is 9.29 Å². The largest absolute Gasteiger partial charge is 0.339 e. The van der Waals surface area contributed by atoms with Crippen LogP contribution in [0.4, 0.5) is 5.82 Å². The first-order chi connectivity index (χ1) is 15.7. The van der Waals surface area contributed by atoms with E-state index >= 15 is 0 Å². The molecule has 1 saturated heterocycles. The molecule has 0 bridgehead atoms. The fourth-order valence-corrected chi connectivity index (χ4v) is 6.69. The van der Waals surface area contributed by atoms with Crippen LogP contribution in [0, 0.1) is 19.8 Å². The molecule has 11 heteroatoms. The summed E-state index contributed by atoms with van der Waals surface area (Å²) in [6.07, 6.45) is 2.54. The third kappa shape index (κ3) is 4.85. The van der Waals surface area contributed by atoms with E-state index in [1.54, 1.807) is 19.2 Å². The Morgan fingerprint density at radius 1 is 1.27 bits per heavy atom. The number of thiophene rings is 1. The van der Waals surface area contributed by atoms with Crippen molar-refractivity contribution in [3.8, 4) is 10.7 Å². The number of nitrogens with zero attached hydrogens (tertiary/aromatic N) is 4. The summed E-state index contributed by atoms with van der Waals surface area (Å²) in [6.45, 7) is 8.13. The van der Waals surface area contributed by atoms with Gasteiger partial charge in [-0.25, -0.2) is 13.4 Å². The predicted octanol–water partition coefficient (Wildman–Crippen LogP) is 3.97. The van der Waals surface area contributed by atoms with Gasteiger partial charge in [0.2, 0.25) is 27.6 Å². The molecule has 0 radical (unpaired) electrons. The van der Waals surface area contributed by atoms with Gasteiger partial charge < -0.3 is 9.84 Å². The standard InChI is InChI=1S/C22H27N5O4S2/c1-13(2)22-25-20(26-31-22)17-12-18(15(4)32-17)33(29,30)27-10-7-16(8-11-27)21(28)24-19-14(3)6-5-9-23-19/h5-6,9,12-13,16H,7-8,10-11H2,1-4H3,(H,23,24,28). The van der Waals surface area contributed by atoms with Gasteiger partial charge in [0.05, 0.1) is 9.77 Å². The van der Waals surface area contributed by atoms with Crippen LogP contribution in [-0.4, -0.2) is 46.8 Å². The third-order valence-corrected chi connectivity index (χ3v) is 8.92. The summed E-state index contributed by atoms with van der Waals surface area (Å²) >= 11 is 1.33. The van der Waals surface area contributed by atoms with E-state index in [9.17, 15) is 13.2 Å². The minimum absolute atomic E-state index is 0.0931. The maximum Gasteiger partial charge on any atom is 0.244 e. The second-order valence-electron chi connectivity index (χ2n) is 8.48. The van der Waals surface area contributed by atoms with E-state index in [0.717, 1.165) is 5.56 Å². The Morgan fingerprint density at radius 2 is 2.00 bits per heavy atom. The van der Waals surface area contributed by atoms with Crippen LogP contribution < -0.4 is 5.32 Å². The van der Waals surface area contributed by atoms with E-state index in [4.69, 9.17) is 4.52 Å². The smallest absolute Gasteiger partial charge is 0.244 e. The van der Waals surface area contributed by atoms with Crippen molar-refractivity contribution in [1.29, 1.82) is 0 Å². The molecule has 0 atom stereocenters. The number of hydrogen-bond donors (Lipinski definition) is 1. The van der Waals surface area contributed by atoms with Gasteiger partial charge in [-0.3, -0.25) is 4.79 Å². The molecule has 0 aromatic carbocycles. The molecule has 3 aromatic rings. The van der Waals surface area contributed by atoms with E-state index in [-0.39, 0.29) is 35.7 Å². The Morgan fingerprint density at radius 3 is 2.64 bits per heavy atom. The molecule has 1 amide bonds. The lowest BCUT2D eigenvalue weighted by atomic mass is 9.97. The topological polar surface area (TPSA) is 118 Å². The normalized spacial score (nSPS) is 15.8. The fraction of sp³-hybridized carbons (Fsp3) is 0.455. The quantitative estimate of drug-likeness (QED) is 0.556. The molecule has 1 fully saturated rings. The second kappa shape index (κ2) is 9.32. The number of aryl methyl sites for hydroxylation is 2. The summed E-state index contributed by atoms with van der Waals surface area (Å²) in [5.41, 5.74) is 0.886. The Balaban J connectivity index is 1.44. The van der Waals surface area contributed by atoms with Crippen molar-refractivity contribution in [2.24, 2.45) is 5.92 Å². The molecular weight excluding hydrogens is 462 g/mol. The van der Waals surface area contributed by atoms with Gasteiger partial charge in [0.15, 0.2) is 0 Å². The molecule has 0 aliphatic carbocycles. The first kappa shape index (κ1) is 23.5. The lowest BCUT2D eigenvalue weighted by Crippen LogP contribution is -2.41. The molecule has 33 heavy (non-hydrogen) atoms. The third-order valence-electron chi connectivity index (χ3n) is 5.72. The summed E-state index contributed by atoms with van der Waals surface area (Å²) in [5.74, 6) is 1.17. The van der Waals surface area contributed by atoms with E-state index in [1.807, 2.05) is 32.9 Å². The van der Waals surface area contributed by atoms with Gasteiger partial charge in [0, 0.05) is 36.0 Å². The zero-order valence-electron chi connectivity index (χ0n) is 19.0. The van der Waals surface area contributed by atoms with Gasteiger partial charge in [0.25, 0.3) is 0 Å². The van der Waals surface area contributed by atoms with Crippen LogP contribution in [0.3, 0.4) is 0 Å². The van der Waals surface area contributed by atoms with Crippen molar-refractivity contribution in [1.82, 2.24) is 19.4 Å². The molecule has 4 rings (SSSR count). The first-order valence-electron chi connectivity index (χ1n) is 10.8. The summed E-state index contributed by atoms with van der Waals surface area (Å²) < 4.78 is 33.4. The van der Waals surface area contributed by atoms with Gasteiger partial charge in [-0.1, -0.05) is 25.1 Å². The van der Waals surface area contributed by atoms with Gasteiger partial charge in [-0.05, 0) is 44.4 Å². The molecule has 176 valence electrons. The number of aromatic nitrogens is 3. The molecule has 0 spiro atoms. The average Bonchev–Trinajstić information content (AvgIpc) is 3.43. The SMILES string of the molecule is Cc1cccnc1NC(=O)C1CCN(S(=O)(=O)c2cc(-c3noc(C(C)C)n3)sc2C)CC1. The molecular formula is C22H27N5O4S2. The Labute approximate surface area is 197 Å². The number of nitrogens with one attached hydrogen (secondary N) is 1. The predicted molar refractivity (Wildman–Crippen MR) is 126 cm³/mol. The Bertz CT molecular complexity index is 1260. The highest BCUT2D eigenvalue weighted by Gasteiger charge is 2.34. The summed E-state index contributed by atoms with van der Waals surface area (Å²) in [4.78, 5) is 22.8. The van der Waals surface area contributed by atoms with E-state index in [2.05, 4.69) is 20.4 Å². The minimum Gasteiger partial charge on any atom is -0.339 e. The second-order valence-corrected chi connectivity index (χ2v) is 11.6. The van der Waals surface area contributed by atoms with E-state index < -0.39 is 10.0 Å². The molecule has 0 unspecified atom stereocenters. The lowest BCUT2D eigenvalue weighted by molar-refractivity contribution is -0.120. The number of rotatable bonds is 6. The number of piperidine rings is 1. The molecule has 1 aliphatic heterocycles. The van der Waals surface area contributed by atoms with Crippen molar-refractivity contribution >= 4 is 33.1 Å². The number of amides is 1. The van der Waals surface area contributed by atoms with Crippen LogP contribution in [-0.2, 0) is 14.8 Å². The molecule has 1 N–H and O–H groups in total. The van der Waals surface area contributed by atoms with Crippen LogP contribution in [0.2, 0.25) is 0 Å². The zero-order chi connectivity index (χ0) is 23.8. The first-order valence-corrected chi connectivity index (χ1v) is 13.1. The van der Waals surface area contributed by atoms with Gasteiger partial charge in [0.1, 0.15) is 5.82 Å². The van der Waals surface area contributed by atoms with Crippen molar-refractivity contribution in [2.45, 2.75) is 51.3 Å². The summed E-state index contributed by atoms with van der Waals surface area (Å²) in [6, 6.07) is 5.31. The highest BCUT2D eigenvalue weighted by atomic mass is 32.2. The molecule has 9 nitrogen and oxygen atoms in total. The number of carbonyl (C=O) groups is 1. The summed E-state index contributed by atoms with van der Waals surface area (Å²) in [5, 5.41) is 6.86. The number of anilines is 1. The van der Waals surface area contributed by atoms with Crippen LogP contribution in [0.15, 0.2) is 33.8 Å². The van der Waals surface area contributed by atoms with Crippen LogP contribution in [0.5, 0.6) is 0 Å². The number of pyridine rings is 1. The van der Waals surface area contributed by atoms with E-state index in [1.165, 1.54) is 15.6 Å². The maximum absolute atomic E-state index is 13.3. The van der Waals surface area contributed by atoms with Gasteiger partial charge >= 0.3 is 0 Å². The number of hydrogen-bond acceptors (Lipinski definition) is 8. The molecule has 3 aromatic heterocycles. The molecule has 0 saturated carbocycles. The zero-order valence-corrected chi connectivity index (χ0v) is 20.7. The van der Waals surface area contributed by atoms with Crippen LogP contribution in [0.1, 0.15) is 48.9 Å². The van der Waals surface area contributed by atoms with E-state index in [0.29, 0.717) is 40.1 Å². The molecule has 4 heterocycles. The minimum atomic E-state index is -3.69. The van der Waals surface area contributed by atoms with Crippen molar-refractivity contribution in [3.63, 3.8) is 0 Å². The highest BCUT2D eigenvalue weighted by Crippen LogP contribution is 2.35. The van der Waals surface area contributed by atoms with Crippen molar-refractivity contribution < 1.29 is 17.7 Å². The maximum atomic E-state index is 13.3. The Kier molecular flexibility index (Phi) is 6.64. The van der Waals surface area contributed by atoms with Crippen molar-refractivity contribution in [2.75, 3.05) is 18.4 Å². The van der Waals surface area contributed by atoms with Gasteiger partial charge in [-0.15, -0.1) is 11.3 Å². The number of carbonyl (C=O) groups excluding carboxylic acids is 1. The fourth-order valence-electron chi connectivity index (χ4n) is 3.73. The highest BCUT2D eigenvalue weighted by molar-refractivity contribution is 7.89. The van der Waals surface area contributed by atoms with Crippen molar-refractivity contribution in [3.05, 3.63) is 40.7 Å². The average molecular weight is 490 g/mol. The lowest BCUT2D eigenvalue weighted by Gasteiger charge is -2.30. The van der Waals surface area contributed by atoms with Crippen LogP contribution >= 0.6 is 11.3 Å².